The van der Waals surface area contributed by atoms with Crippen LogP contribution in [-0.2, 0) is 4.74 Å². The van der Waals surface area contributed by atoms with Crippen molar-refractivity contribution in [2.24, 2.45) is 5.41 Å². The predicted molar refractivity (Wildman–Crippen MR) is 100 cm³/mol. The smallest absolute Gasteiger partial charge is 0.407 e. The van der Waals surface area contributed by atoms with Crippen LogP contribution in [0.25, 0.3) is 0 Å². The van der Waals surface area contributed by atoms with Crippen LogP contribution in [0.3, 0.4) is 0 Å². The Labute approximate surface area is 157 Å². The molecule has 1 amide bonds. The minimum Gasteiger partial charge on any atom is -0.480 e. The molecule has 140 valence electrons. The average Bonchev–Trinajstić information content (AvgIpc) is 2.53. The van der Waals surface area contributed by atoms with Crippen LogP contribution in [0, 0.1) is 5.41 Å². The summed E-state index contributed by atoms with van der Waals surface area (Å²) in [4.78, 5) is 22.8. The van der Waals surface area contributed by atoms with Crippen molar-refractivity contribution in [3.8, 4) is 5.88 Å². The summed E-state index contributed by atoms with van der Waals surface area (Å²) in [6, 6.07) is 0. The number of halogens is 1. The lowest BCUT2D eigenvalue weighted by atomic mass is 9.80. The number of rotatable bonds is 4. The molecule has 1 aromatic heterocycles. The van der Waals surface area contributed by atoms with Gasteiger partial charge in [-0.2, -0.15) is 4.98 Å². The van der Waals surface area contributed by atoms with Crippen LogP contribution in [0.2, 0.25) is 0 Å². The summed E-state index contributed by atoms with van der Waals surface area (Å²) in [5, 5.41) is 2.89. The molecule has 2 heterocycles. The molecule has 1 fully saturated rings. The van der Waals surface area contributed by atoms with Crippen molar-refractivity contribution in [3.63, 3.8) is 0 Å². The molecule has 1 aliphatic heterocycles. The van der Waals surface area contributed by atoms with Gasteiger partial charge in [0.15, 0.2) is 0 Å². The number of amides is 1. The minimum atomic E-state index is -0.480. The third-order valence-electron chi connectivity index (χ3n) is 4.20. The van der Waals surface area contributed by atoms with Gasteiger partial charge < -0.3 is 19.7 Å². The number of nitrogens with one attached hydrogen (secondary N) is 1. The second-order valence-electron chi connectivity index (χ2n) is 7.68. The molecule has 0 saturated carbocycles. The van der Waals surface area contributed by atoms with Crippen molar-refractivity contribution < 1.29 is 14.3 Å². The van der Waals surface area contributed by atoms with E-state index in [0.717, 1.165) is 30.4 Å². The van der Waals surface area contributed by atoms with E-state index in [0.29, 0.717) is 18.4 Å². The Morgan fingerprint density at radius 1 is 1.40 bits per heavy atom. The van der Waals surface area contributed by atoms with Crippen LogP contribution in [-0.4, -0.2) is 48.4 Å². The van der Waals surface area contributed by atoms with E-state index in [-0.39, 0.29) is 11.5 Å². The average molecular weight is 415 g/mol. The Bertz CT molecular complexity index is 610. The van der Waals surface area contributed by atoms with Gasteiger partial charge in [0, 0.05) is 19.6 Å². The van der Waals surface area contributed by atoms with E-state index in [1.165, 1.54) is 0 Å². The number of hydrogen-bond acceptors (Lipinski definition) is 6. The zero-order valence-electron chi connectivity index (χ0n) is 15.6. The quantitative estimate of drug-likeness (QED) is 0.813. The molecule has 0 atom stereocenters. The zero-order valence-corrected chi connectivity index (χ0v) is 17.1. The van der Waals surface area contributed by atoms with Gasteiger partial charge in [0.25, 0.3) is 0 Å². The second kappa shape index (κ2) is 7.76. The monoisotopic (exact) mass is 414 g/mol. The Balaban J connectivity index is 1.89. The van der Waals surface area contributed by atoms with Gasteiger partial charge in [-0.3, -0.25) is 0 Å². The molecule has 0 unspecified atom stereocenters. The Morgan fingerprint density at radius 2 is 2.04 bits per heavy atom. The molecule has 7 nitrogen and oxygen atoms in total. The number of carbonyl (C=O) groups is 1. The van der Waals surface area contributed by atoms with Crippen LogP contribution in [0.15, 0.2) is 10.7 Å². The third-order valence-corrected chi connectivity index (χ3v) is 4.75. The maximum atomic E-state index is 11.8. The van der Waals surface area contributed by atoms with Crippen molar-refractivity contribution >= 4 is 28.0 Å². The summed E-state index contributed by atoms with van der Waals surface area (Å²) in [6.45, 7) is 10.0. The first-order valence-electron chi connectivity index (χ1n) is 8.40. The summed E-state index contributed by atoms with van der Waals surface area (Å²) >= 11 is 3.37. The topological polar surface area (TPSA) is 76.6 Å². The molecule has 1 aliphatic rings. The summed E-state index contributed by atoms with van der Waals surface area (Å²) in [7, 11) is 1.59. The van der Waals surface area contributed by atoms with Crippen molar-refractivity contribution in [2.45, 2.75) is 46.1 Å². The number of methoxy groups -OCH3 is 1. The van der Waals surface area contributed by atoms with Crippen molar-refractivity contribution in [1.82, 2.24) is 15.3 Å². The van der Waals surface area contributed by atoms with Gasteiger partial charge in [-0.05, 0) is 55.0 Å². The molecule has 0 bridgehead atoms. The highest BCUT2D eigenvalue weighted by Gasteiger charge is 2.32. The van der Waals surface area contributed by atoms with Crippen molar-refractivity contribution in [3.05, 3.63) is 10.7 Å². The summed E-state index contributed by atoms with van der Waals surface area (Å²) in [6.07, 6.45) is 3.21. The first kappa shape index (κ1) is 19.8. The second-order valence-corrected chi connectivity index (χ2v) is 8.53. The number of hydrogen-bond donors (Lipinski definition) is 1. The molecule has 0 aromatic carbocycles. The maximum absolute atomic E-state index is 11.8. The molecule has 0 spiro atoms. The van der Waals surface area contributed by atoms with Gasteiger partial charge in [-0.25, -0.2) is 9.78 Å². The van der Waals surface area contributed by atoms with Crippen molar-refractivity contribution in [2.75, 3.05) is 31.6 Å². The SMILES string of the molecule is COc1nc(N2CCC(C)(CNC(=O)OC(C)(C)C)CC2)ncc1Br. The van der Waals surface area contributed by atoms with Gasteiger partial charge >= 0.3 is 6.09 Å². The highest BCUT2D eigenvalue weighted by atomic mass is 79.9. The molecular formula is C17H27BrN4O3. The van der Waals surface area contributed by atoms with E-state index < -0.39 is 5.60 Å². The number of ether oxygens (including phenoxy) is 2. The first-order valence-corrected chi connectivity index (χ1v) is 9.19. The molecule has 0 aliphatic carbocycles. The van der Waals surface area contributed by atoms with Gasteiger partial charge in [-0.1, -0.05) is 6.92 Å². The molecule has 8 heteroatoms. The molecular weight excluding hydrogens is 388 g/mol. The largest absolute Gasteiger partial charge is 0.480 e. The lowest BCUT2D eigenvalue weighted by Crippen LogP contribution is -2.46. The fourth-order valence-electron chi connectivity index (χ4n) is 2.66. The number of piperidine rings is 1. The van der Waals surface area contributed by atoms with Gasteiger partial charge in [0.2, 0.25) is 11.8 Å². The zero-order chi connectivity index (χ0) is 18.7. The van der Waals surface area contributed by atoms with Gasteiger partial charge in [-0.15, -0.1) is 0 Å². The number of carbonyl (C=O) groups excluding carboxylic acids is 1. The Kier molecular flexibility index (Phi) is 6.13. The molecule has 1 saturated heterocycles. The van der Waals surface area contributed by atoms with Crippen molar-refractivity contribution in [1.29, 1.82) is 0 Å². The van der Waals surface area contributed by atoms with E-state index in [1.54, 1.807) is 13.3 Å². The molecule has 0 radical (unpaired) electrons. The highest BCUT2D eigenvalue weighted by molar-refractivity contribution is 9.10. The van der Waals surface area contributed by atoms with Crippen LogP contribution in [0.5, 0.6) is 5.88 Å². The number of nitrogens with zero attached hydrogens (tertiary/aromatic N) is 3. The van der Waals surface area contributed by atoms with Gasteiger partial charge in [0.05, 0.1) is 17.8 Å². The van der Waals surface area contributed by atoms with E-state index in [4.69, 9.17) is 9.47 Å². The summed E-state index contributed by atoms with van der Waals surface area (Å²) in [5.74, 6) is 1.20. The Hall–Kier alpha value is -1.57. The highest BCUT2D eigenvalue weighted by Crippen LogP contribution is 2.32. The molecule has 1 N–H and O–H groups in total. The predicted octanol–water partition coefficient (Wildman–Crippen LogP) is 3.38. The minimum absolute atomic E-state index is 0.0346. The fraction of sp³-hybridized carbons (Fsp3) is 0.706. The van der Waals surface area contributed by atoms with Crippen LogP contribution in [0.1, 0.15) is 40.5 Å². The van der Waals surface area contributed by atoms with Gasteiger partial charge in [0.1, 0.15) is 5.60 Å². The third kappa shape index (κ3) is 5.73. The molecule has 25 heavy (non-hydrogen) atoms. The standard InChI is InChI=1S/C17H27BrN4O3/c1-16(2,3)25-15(23)20-11-17(4)6-8-22(9-7-17)14-19-10-12(18)13(21-14)24-5/h10H,6-9,11H2,1-5H3,(H,20,23). The van der Waals surface area contributed by atoms with Crippen LogP contribution < -0.4 is 15.0 Å². The van der Waals surface area contributed by atoms with E-state index in [1.807, 2.05) is 20.8 Å². The van der Waals surface area contributed by atoms with E-state index in [2.05, 4.69) is 43.0 Å². The number of anilines is 1. The summed E-state index contributed by atoms with van der Waals surface area (Å²) in [5.41, 5.74) is -0.445. The Morgan fingerprint density at radius 3 is 2.60 bits per heavy atom. The lowest BCUT2D eigenvalue weighted by Gasteiger charge is -2.39. The normalized spacial score (nSPS) is 17.1. The maximum Gasteiger partial charge on any atom is 0.407 e. The first-order chi connectivity index (χ1) is 11.6. The number of alkyl carbamates (subject to hydrolysis) is 1. The summed E-state index contributed by atoms with van der Waals surface area (Å²) < 4.78 is 11.3. The lowest BCUT2D eigenvalue weighted by molar-refractivity contribution is 0.0495. The van der Waals surface area contributed by atoms with Crippen LogP contribution >= 0.6 is 15.9 Å². The number of aromatic nitrogens is 2. The fourth-order valence-corrected chi connectivity index (χ4v) is 3.01. The van der Waals surface area contributed by atoms with Crippen LogP contribution in [0.4, 0.5) is 10.7 Å². The molecule has 1 aromatic rings. The van der Waals surface area contributed by atoms with E-state index >= 15 is 0 Å². The molecule has 2 rings (SSSR count). The van der Waals surface area contributed by atoms with E-state index in [9.17, 15) is 4.79 Å².